The summed E-state index contributed by atoms with van der Waals surface area (Å²) in [5, 5.41) is 2.97. The van der Waals surface area contributed by atoms with Crippen LogP contribution in [0.25, 0.3) is 0 Å². The van der Waals surface area contributed by atoms with Gasteiger partial charge in [-0.2, -0.15) is 0 Å². The van der Waals surface area contributed by atoms with Crippen LogP contribution in [0.2, 0.25) is 0 Å². The van der Waals surface area contributed by atoms with E-state index in [1.807, 2.05) is 6.92 Å². The van der Waals surface area contributed by atoms with E-state index in [1.165, 1.54) is 11.3 Å². The van der Waals surface area contributed by atoms with Gasteiger partial charge in [0.25, 0.3) is 5.91 Å². The van der Waals surface area contributed by atoms with Gasteiger partial charge in [-0.1, -0.05) is 13.3 Å². The van der Waals surface area contributed by atoms with Crippen LogP contribution in [0.4, 0.5) is 5.69 Å². The van der Waals surface area contributed by atoms with Gasteiger partial charge in [-0.25, -0.2) is 0 Å². The molecular weight excluding hydrogens is 236 g/mol. The molecule has 96 valence electrons. The molecule has 0 aliphatic rings. The first-order valence-corrected chi connectivity index (χ1v) is 6.55. The number of methoxy groups -OCH3 is 1. The van der Waals surface area contributed by atoms with Crippen molar-refractivity contribution in [1.82, 2.24) is 5.32 Å². The Morgan fingerprint density at radius 2 is 2.35 bits per heavy atom. The fourth-order valence-electron chi connectivity index (χ4n) is 1.61. The number of aryl methyl sites for hydroxylation is 1. The number of thiophene rings is 1. The van der Waals surface area contributed by atoms with Crippen LogP contribution in [0.5, 0.6) is 0 Å². The van der Waals surface area contributed by atoms with E-state index in [0.717, 1.165) is 17.7 Å². The summed E-state index contributed by atoms with van der Waals surface area (Å²) in [4.78, 5) is 13.6. The summed E-state index contributed by atoms with van der Waals surface area (Å²) in [7, 11) is 1.64. The van der Waals surface area contributed by atoms with Crippen molar-refractivity contribution in [3.63, 3.8) is 0 Å². The summed E-state index contributed by atoms with van der Waals surface area (Å²) >= 11 is 1.42. The third-order valence-electron chi connectivity index (χ3n) is 2.52. The van der Waals surface area contributed by atoms with Crippen LogP contribution in [-0.2, 0) is 4.74 Å². The minimum Gasteiger partial charge on any atom is -0.398 e. The van der Waals surface area contributed by atoms with Crippen molar-refractivity contribution in [2.24, 2.45) is 0 Å². The van der Waals surface area contributed by atoms with E-state index in [0.29, 0.717) is 17.2 Å². The van der Waals surface area contributed by atoms with Crippen molar-refractivity contribution in [3.05, 3.63) is 15.8 Å². The Hall–Kier alpha value is -1.07. The molecule has 0 saturated heterocycles. The second kappa shape index (κ2) is 6.61. The largest absolute Gasteiger partial charge is 0.398 e. The minimum atomic E-state index is -0.0645. The van der Waals surface area contributed by atoms with Gasteiger partial charge in [0.15, 0.2) is 0 Å². The Morgan fingerprint density at radius 3 is 2.82 bits per heavy atom. The van der Waals surface area contributed by atoms with Gasteiger partial charge in [0, 0.05) is 17.7 Å². The molecule has 1 rings (SSSR count). The number of carbonyl (C=O) groups excluding carboxylic acids is 1. The van der Waals surface area contributed by atoms with Gasteiger partial charge in [0.05, 0.1) is 17.5 Å². The first-order chi connectivity index (χ1) is 8.08. The molecule has 1 aromatic rings. The van der Waals surface area contributed by atoms with E-state index in [-0.39, 0.29) is 11.9 Å². The number of amides is 1. The maximum absolute atomic E-state index is 12.0. The van der Waals surface area contributed by atoms with Gasteiger partial charge >= 0.3 is 0 Å². The smallest absolute Gasteiger partial charge is 0.261 e. The summed E-state index contributed by atoms with van der Waals surface area (Å²) in [5.74, 6) is -0.0645. The van der Waals surface area contributed by atoms with Crippen molar-refractivity contribution in [3.8, 4) is 0 Å². The highest BCUT2D eigenvalue weighted by molar-refractivity contribution is 7.14. The topological polar surface area (TPSA) is 64.3 Å². The monoisotopic (exact) mass is 256 g/mol. The maximum atomic E-state index is 12.0. The van der Waals surface area contributed by atoms with E-state index in [9.17, 15) is 4.79 Å². The van der Waals surface area contributed by atoms with Crippen LogP contribution in [0.1, 0.15) is 34.3 Å². The van der Waals surface area contributed by atoms with E-state index < -0.39 is 0 Å². The predicted octanol–water partition coefficient (Wildman–Crippen LogP) is 2.18. The van der Waals surface area contributed by atoms with Gasteiger partial charge in [0.2, 0.25) is 0 Å². The Morgan fingerprint density at radius 1 is 1.65 bits per heavy atom. The second-order valence-corrected chi connectivity index (χ2v) is 5.29. The lowest BCUT2D eigenvalue weighted by molar-refractivity contribution is 0.0895. The average molecular weight is 256 g/mol. The first-order valence-electron chi connectivity index (χ1n) is 5.74. The number of carbonyl (C=O) groups is 1. The van der Waals surface area contributed by atoms with Gasteiger partial charge < -0.3 is 15.8 Å². The number of nitrogen functional groups attached to an aromatic ring is 1. The van der Waals surface area contributed by atoms with E-state index >= 15 is 0 Å². The fraction of sp³-hybridized carbons (Fsp3) is 0.583. The third kappa shape index (κ3) is 4.02. The number of nitrogens with one attached hydrogen (secondary N) is 1. The zero-order chi connectivity index (χ0) is 12.8. The highest BCUT2D eigenvalue weighted by Gasteiger charge is 2.15. The molecule has 5 heteroatoms. The normalized spacial score (nSPS) is 12.4. The lowest BCUT2D eigenvalue weighted by Gasteiger charge is -2.16. The van der Waals surface area contributed by atoms with Crippen molar-refractivity contribution in [2.75, 3.05) is 19.5 Å². The Bertz CT molecular complexity index is 351. The lowest BCUT2D eigenvalue weighted by Crippen LogP contribution is -2.37. The highest BCUT2D eigenvalue weighted by atomic mass is 32.1. The molecule has 0 spiro atoms. The van der Waals surface area contributed by atoms with Crippen molar-refractivity contribution < 1.29 is 9.53 Å². The number of ether oxygens (including phenoxy) is 1. The summed E-state index contributed by atoms with van der Waals surface area (Å²) in [6.45, 7) is 4.54. The highest BCUT2D eigenvalue weighted by Crippen LogP contribution is 2.23. The fourth-order valence-corrected chi connectivity index (χ4v) is 2.46. The number of hydrogen-bond acceptors (Lipinski definition) is 4. The summed E-state index contributed by atoms with van der Waals surface area (Å²) in [6.07, 6.45) is 1.93. The zero-order valence-corrected chi connectivity index (χ0v) is 11.4. The number of hydrogen-bond donors (Lipinski definition) is 2. The van der Waals surface area contributed by atoms with Gasteiger partial charge in [-0.3, -0.25) is 4.79 Å². The molecule has 4 nitrogen and oxygen atoms in total. The van der Waals surface area contributed by atoms with Gasteiger partial charge in [-0.05, 0) is 19.4 Å². The van der Waals surface area contributed by atoms with Crippen molar-refractivity contribution in [1.29, 1.82) is 0 Å². The molecule has 17 heavy (non-hydrogen) atoms. The molecule has 0 aromatic carbocycles. The SMILES string of the molecule is CCCC(COC)NC(=O)c1cc(N)c(C)s1. The molecule has 0 aliphatic carbocycles. The molecule has 0 saturated carbocycles. The van der Waals surface area contributed by atoms with E-state index in [2.05, 4.69) is 12.2 Å². The van der Waals surface area contributed by atoms with Crippen LogP contribution < -0.4 is 11.1 Å². The Balaban J connectivity index is 2.63. The molecule has 1 unspecified atom stereocenters. The average Bonchev–Trinajstić information content (AvgIpc) is 2.60. The molecule has 0 aliphatic heterocycles. The van der Waals surface area contributed by atoms with Gasteiger partial charge in [0.1, 0.15) is 0 Å². The maximum Gasteiger partial charge on any atom is 0.261 e. The van der Waals surface area contributed by atoms with Crippen LogP contribution in [0.15, 0.2) is 6.07 Å². The van der Waals surface area contributed by atoms with Crippen LogP contribution in [0, 0.1) is 6.92 Å². The summed E-state index contributed by atoms with van der Waals surface area (Å²) in [5.41, 5.74) is 6.41. The Labute approximate surface area is 106 Å². The predicted molar refractivity (Wildman–Crippen MR) is 71.5 cm³/mol. The zero-order valence-electron chi connectivity index (χ0n) is 10.6. The van der Waals surface area contributed by atoms with Crippen molar-refractivity contribution >= 4 is 22.9 Å². The quantitative estimate of drug-likeness (QED) is 0.820. The molecular formula is C12H20N2O2S. The number of nitrogens with two attached hydrogens (primary N) is 1. The van der Waals surface area contributed by atoms with Crippen LogP contribution >= 0.6 is 11.3 Å². The molecule has 1 heterocycles. The third-order valence-corrected chi connectivity index (χ3v) is 3.59. The molecule has 0 radical (unpaired) electrons. The first kappa shape index (κ1) is 14.0. The summed E-state index contributed by atoms with van der Waals surface area (Å²) in [6, 6.07) is 1.80. The second-order valence-electron chi connectivity index (χ2n) is 4.04. The molecule has 3 N–H and O–H groups in total. The van der Waals surface area contributed by atoms with Crippen LogP contribution in [0.3, 0.4) is 0 Å². The summed E-state index contributed by atoms with van der Waals surface area (Å²) < 4.78 is 5.09. The van der Waals surface area contributed by atoms with Crippen molar-refractivity contribution in [2.45, 2.75) is 32.7 Å². The van der Waals surface area contributed by atoms with E-state index in [1.54, 1.807) is 13.2 Å². The van der Waals surface area contributed by atoms with Gasteiger partial charge in [-0.15, -0.1) is 11.3 Å². The molecule has 1 atom stereocenters. The van der Waals surface area contributed by atoms with E-state index in [4.69, 9.17) is 10.5 Å². The molecule has 0 fully saturated rings. The molecule has 1 aromatic heterocycles. The Kier molecular flexibility index (Phi) is 5.44. The standard InChI is InChI=1S/C12H20N2O2S/c1-4-5-9(7-16-3)14-12(15)11-6-10(13)8(2)17-11/h6,9H,4-5,7,13H2,1-3H3,(H,14,15). The molecule has 1 amide bonds. The minimum absolute atomic E-state index is 0.0645. The number of anilines is 1. The van der Waals surface area contributed by atoms with Crippen LogP contribution in [-0.4, -0.2) is 25.7 Å². The number of rotatable bonds is 6. The lowest BCUT2D eigenvalue weighted by atomic mass is 10.2. The molecule has 0 bridgehead atoms.